The molecule has 0 saturated heterocycles. The quantitative estimate of drug-likeness (QED) is 0.451. The molecule has 5 nitrogen and oxygen atoms in total. The van der Waals surface area contributed by atoms with Crippen molar-refractivity contribution >= 4 is 0 Å². The van der Waals surface area contributed by atoms with Crippen molar-refractivity contribution in [2.45, 2.75) is 0 Å². The molecule has 0 saturated carbocycles. The van der Waals surface area contributed by atoms with Gasteiger partial charge in [0, 0.05) is 0 Å². The van der Waals surface area contributed by atoms with Crippen LogP contribution in [0, 0.1) is 0 Å². The number of hydrogen-bond donors (Lipinski definition) is 0. The third kappa shape index (κ3) is 179. The maximum atomic E-state index is 8.58. The standard InChI is InChI=1S/3Ni.5O.Ti/q3*+2;;2*-2;2*-1;. The van der Waals surface area contributed by atoms with E-state index in [2.05, 4.69) is 0 Å². The van der Waals surface area contributed by atoms with E-state index in [9.17, 15) is 0 Å². The Morgan fingerprint density at radius 1 is 0.889 bits per heavy atom. The molecule has 0 fully saturated rings. The van der Waals surface area contributed by atoms with Gasteiger partial charge in [-0.3, -0.25) is 0 Å². The average Bonchev–Trinajstić information content (AvgIpc) is 0.811. The van der Waals surface area contributed by atoms with Gasteiger partial charge in [0.25, 0.3) is 0 Å². The fourth-order valence-electron chi connectivity index (χ4n) is 0. The molecule has 0 aromatic heterocycles. The van der Waals surface area contributed by atoms with Crippen LogP contribution in [0.3, 0.4) is 0 Å². The Morgan fingerprint density at radius 2 is 0.889 bits per heavy atom. The van der Waals surface area contributed by atoms with E-state index in [4.69, 9.17) is 10.7 Å². The maximum absolute atomic E-state index is 8.58. The number of rotatable bonds is 0. The summed E-state index contributed by atoms with van der Waals surface area (Å²) in [5.74, 6) is 0. The van der Waals surface area contributed by atoms with Gasteiger partial charge >= 0.3 is 78.8 Å². The molecule has 0 bridgehead atoms. The molecule has 9 heavy (non-hydrogen) atoms. The van der Waals surface area contributed by atoms with Crippen LogP contribution >= 0.6 is 0 Å². The Labute approximate surface area is 89.1 Å². The molecule has 0 aromatic rings. The molecule has 0 amide bonds. The fourth-order valence-corrected chi connectivity index (χ4v) is 0. The molecule has 0 rings (SSSR count). The molecule has 9 heteroatoms. The van der Waals surface area contributed by atoms with Gasteiger partial charge in [0.2, 0.25) is 0 Å². The summed E-state index contributed by atoms with van der Waals surface area (Å²) < 4.78 is 25.8. The van der Waals surface area contributed by atoms with Crippen LogP contribution in [-0.4, -0.2) is 0 Å². The van der Waals surface area contributed by atoms with E-state index in [1.807, 2.05) is 0 Å². The molecule has 0 aliphatic rings. The molecule has 0 aromatic carbocycles. The minimum absolute atomic E-state index is 0. The van der Waals surface area contributed by atoms with Gasteiger partial charge in [0.05, 0.1) is 0 Å². The first-order valence-corrected chi connectivity index (χ1v) is 2.52. The van der Waals surface area contributed by atoms with Gasteiger partial charge < -0.3 is 11.0 Å². The van der Waals surface area contributed by atoms with Gasteiger partial charge in [-0.2, -0.15) is 0 Å². The SMILES string of the molecule is [Ni+2].[Ni+2].[Ni+2].[O-2].[O-2].[O]=[Ti]([O-])[O-]. The van der Waals surface area contributed by atoms with E-state index in [1.54, 1.807) is 0 Å². The summed E-state index contributed by atoms with van der Waals surface area (Å²) in [6, 6.07) is 0. The van der Waals surface area contributed by atoms with Crippen molar-refractivity contribution in [3.05, 3.63) is 0 Å². The molecule has 0 aliphatic heterocycles. The van der Waals surface area contributed by atoms with E-state index in [0.29, 0.717) is 0 Å². The van der Waals surface area contributed by atoms with Crippen molar-refractivity contribution in [1.29, 1.82) is 0 Å². The minimum atomic E-state index is -4.08. The first-order valence-electron chi connectivity index (χ1n) is 0.612. The van der Waals surface area contributed by atoms with E-state index >= 15 is 0 Å². The molecule has 64 valence electrons. The molecule has 0 N–H and O–H groups in total. The summed E-state index contributed by atoms with van der Waals surface area (Å²) >= 11 is -4.08. The second-order valence-corrected chi connectivity index (χ2v) is 1.03. The van der Waals surface area contributed by atoms with Crippen molar-refractivity contribution in [2.75, 3.05) is 0 Å². The zero-order chi connectivity index (χ0) is 3.58. The Balaban J connectivity index is -0.00000000450. The molecule has 0 spiro atoms. The van der Waals surface area contributed by atoms with Gasteiger partial charge in [-0.05, 0) is 0 Å². The van der Waals surface area contributed by atoms with Crippen LogP contribution in [-0.2, 0) is 82.4 Å². The summed E-state index contributed by atoms with van der Waals surface area (Å²) in [7, 11) is 0. The van der Waals surface area contributed by atoms with E-state index < -0.39 is 18.6 Å². The third-order valence-corrected chi connectivity index (χ3v) is 0. The third-order valence-electron chi connectivity index (χ3n) is 0. The Kier molecular flexibility index (Phi) is 164. The fraction of sp³-hybridized carbons (Fsp3) is 0. The second-order valence-electron chi connectivity index (χ2n) is 0.250. The summed E-state index contributed by atoms with van der Waals surface area (Å²) in [4.78, 5) is 0. The first-order chi connectivity index (χ1) is 1.73. The molecule has 0 aliphatic carbocycles. The molecule has 0 radical (unpaired) electrons. The zero-order valence-electron chi connectivity index (χ0n) is 3.49. The van der Waals surface area contributed by atoms with Crippen molar-refractivity contribution in [3.8, 4) is 0 Å². The van der Waals surface area contributed by atoms with Crippen LogP contribution in [0.2, 0.25) is 0 Å². The summed E-state index contributed by atoms with van der Waals surface area (Å²) in [6.45, 7) is 0. The summed E-state index contributed by atoms with van der Waals surface area (Å²) in [5.41, 5.74) is 0. The normalized spacial score (nSPS) is 2.89. The molecule has 0 heterocycles. The van der Waals surface area contributed by atoms with Crippen molar-refractivity contribution in [1.82, 2.24) is 0 Å². The van der Waals surface area contributed by atoms with Gasteiger partial charge in [0.15, 0.2) is 0 Å². The van der Waals surface area contributed by atoms with Gasteiger partial charge in [-0.15, -0.1) is 0 Å². The van der Waals surface area contributed by atoms with Crippen LogP contribution in [0.5, 0.6) is 0 Å². The van der Waals surface area contributed by atoms with E-state index in [0.717, 1.165) is 0 Å². The Bertz CT molecular complexity index is 35.2. The zero-order valence-corrected chi connectivity index (χ0v) is 8.01. The summed E-state index contributed by atoms with van der Waals surface area (Å²) in [6.07, 6.45) is 0. The van der Waals surface area contributed by atoms with Crippen LogP contribution in [0.1, 0.15) is 0 Å². The topological polar surface area (TPSA) is 120 Å². The first kappa shape index (κ1) is 44.8. The van der Waals surface area contributed by atoms with Crippen LogP contribution in [0.15, 0.2) is 0 Å². The van der Waals surface area contributed by atoms with Gasteiger partial charge in [0.1, 0.15) is 0 Å². The average molecular weight is 304 g/mol. The van der Waals surface area contributed by atoms with Crippen molar-refractivity contribution in [3.63, 3.8) is 0 Å². The van der Waals surface area contributed by atoms with Gasteiger partial charge in [-0.25, -0.2) is 0 Å². The van der Waals surface area contributed by atoms with Crippen LogP contribution in [0.25, 0.3) is 0 Å². The number of hydrogen-bond acceptors (Lipinski definition) is 3. The van der Waals surface area contributed by atoms with Crippen LogP contribution in [0.4, 0.5) is 0 Å². The van der Waals surface area contributed by atoms with Gasteiger partial charge in [-0.1, -0.05) is 0 Å². The Morgan fingerprint density at radius 3 is 0.889 bits per heavy atom. The Hall–Kier alpha value is 1.83. The van der Waals surface area contributed by atoms with Crippen LogP contribution < -0.4 is 7.38 Å². The molecular formula is Ni3O5Ti. The second kappa shape index (κ2) is 32.8. The van der Waals surface area contributed by atoms with Crippen molar-refractivity contribution in [2.24, 2.45) is 0 Å². The van der Waals surface area contributed by atoms with Crippen molar-refractivity contribution < 1.29 is 89.7 Å². The van der Waals surface area contributed by atoms with E-state index in [-0.39, 0.29) is 60.4 Å². The molecule has 0 unspecified atom stereocenters. The summed E-state index contributed by atoms with van der Waals surface area (Å²) in [5, 5.41) is 0. The predicted octanol–water partition coefficient (Wildman–Crippen LogP) is -2.74. The monoisotopic (exact) mass is 302 g/mol. The van der Waals surface area contributed by atoms with E-state index in [1.165, 1.54) is 0 Å². The molecule has 0 atom stereocenters. The predicted molar refractivity (Wildman–Crippen MR) is 2.06 cm³/mol. The molecular weight excluding hydrogens is 304 g/mol.